The van der Waals surface area contributed by atoms with Crippen molar-refractivity contribution in [1.29, 1.82) is 0 Å². The van der Waals surface area contributed by atoms with Crippen molar-refractivity contribution >= 4 is 16.9 Å². The Labute approximate surface area is 204 Å². The van der Waals surface area contributed by atoms with E-state index in [0.717, 1.165) is 36.9 Å². The number of fused-ring (bicyclic) bond motifs is 1. The lowest BCUT2D eigenvalue weighted by Gasteiger charge is -2.27. The standard InChI is InChI=1S/C28H29N5O2/c1-19-11-10-17-23(29-19)26(27(34)30-21-14-6-3-7-15-21)32-33-24-18-9-8-16-22(24)31-25(28(33)35)20-12-4-2-5-13-20/h2,4-5,8-13,16-18,21,26,32H,3,6-7,14-15H2,1H3,(H,30,34). The van der Waals surface area contributed by atoms with Gasteiger partial charge in [-0.2, -0.15) is 0 Å². The summed E-state index contributed by atoms with van der Waals surface area (Å²) in [6.07, 6.45) is 5.36. The van der Waals surface area contributed by atoms with Gasteiger partial charge in [0.25, 0.3) is 11.5 Å². The molecule has 0 radical (unpaired) electrons. The van der Waals surface area contributed by atoms with Crippen molar-refractivity contribution < 1.29 is 4.79 Å². The molecule has 5 rings (SSSR count). The van der Waals surface area contributed by atoms with E-state index >= 15 is 0 Å². The first-order valence-corrected chi connectivity index (χ1v) is 12.2. The molecule has 2 aromatic heterocycles. The van der Waals surface area contributed by atoms with Crippen LogP contribution in [0.15, 0.2) is 77.6 Å². The molecular formula is C28H29N5O2. The van der Waals surface area contributed by atoms with Crippen LogP contribution in [-0.4, -0.2) is 26.6 Å². The van der Waals surface area contributed by atoms with E-state index in [1.54, 1.807) is 0 Å². The lowest BCUT2D eigenvalue weighted by molar-refractivity contribution is -0.123. The minimum atomic E-state index is -0.844. The molecule has 35 heavy (non-hydrogen) atoms. The first kappa shape index (κ1) is 22.8. The van der Waals surface area contributed by atoms with Crippen molar-refractivity contribution in [1.82, 2.24) is 20.0 Å². The van der Waals surface area contributed by atoms with Crippen LogP contribution in [0.4, 0.5) is 0 Å². The summed E-state index contributed by atoms with van der Waals surface area (Å²) >= 11 is 0. The van der Waals surface area contributed by atoms with Crippen LogP contribution in [0.5, 0.6) is 0 Å². The zero-order chi connectivity index (χ0) is 24.2. The summed E-state index contributed by atoms with van der Waals surface area (Å²) in [5.74, 6) is -0.191. The Morgan fingerprint density at radius 1 is 0.914 bits per heavy atom. The predicted octanol–water partition coefficient (Wildman–Crippen LogP) is 4.50. The van der Waals surface area contributed by atoms with Gasteiger partial charge in [0.15, 0.2) is 6.04 Å². The number of para-hydroxylation sites is 2. The third-order valence-corrected chi connectivity index (χ3v) is 6.49. The van der Waals surface area contributed by atoms with E-state index in [1.165, 1.54) is 11.1 Å². The first-order valence-electron chi connectivity index (χ1n) is 12.2. The number of aromatic nitrogens is 3. The average molecular weight is 468 g/mol. The van der Waals surface area contributed by atoms with Gasteiger partial charge in [0, 0.05) is 17.3 Å². The molecule has 2 N–H and O–H groups in total. The molecule has 1 unspecified atom stereocenters. The summed E-state index contributed by atoms with van der Waals surface area (Å²) in [6, 6.07) is 21.7. The lowest BCUT2D eigenvalue weighted by atomic mass is 9.95. The Morgan fingerprint density at radius 2 is 1.66 bits per heavy atom. The highest BCUT2D eigenvalue weighted by molar-refractivity contribution is 5.85. The zero-order valence-electron chi connectivity index (χ0n) is 19.8. The van der Waals surface area contributed by atoms with Crippen LogP contribution in [-0.2, 0) is 4.79 Å². The van der Waals surface area contributed by atoms with Gasteiger partial charge in [-0.3, -0.25) is 14.6 Å². The molecule has 7 nitrogen and oxygen atoms in total. The van der Waals surface area contributed by atoms with Crippen LogP contribution in [0.3, 0.4) is 0 Å². The van der Waals surface area contributed by atoms with Crippen molar-refractivity contribution in [2.45, 2.75) is 51.1 Å². The van der Waals surface area contributed by atoms with E-state index in [0.29, 0.717) is 22.4 Å². The van der Waals surface area contributed by atoms with Crippen LogP contribution < -0.4 is 16.3 Å². The third kappa shape index (κ3) is 4.94. The van der Waals surface area contributed by atoms with E-state index in [9.17, 15) is 9.59 Å². The number of carbonyl (C=O) groups is 1. The fourth-order valence-corrected chi connectivity index (χ4v) is 4.69. The van der Waals surface area contributed by atoms with Gasteiger partial charge < -0.3 is 10.7 Å². The molecule has 1 aliphatic carbocycles. The van der Waals surface area contributed by atoms with Crippen molar-refractivity contribution in [2.24, 2.45) is 0 Å². The number of aryl methyl sites for hydroxylation is 1. The molecular weight excluding hydrogens is 438 g/mol. The number of hydrogen-bond acceptors (Lipinski definition) is 5. The zero-order valence-corrected chi connectivity index (χ0v) is 19.8. The maximum atomic E-state index is 13.7. The van der Waals surface area contributed by atoms with Gasteiger partial charge in [0.05, 0.1) is 16.7 Å². The van der Waals surface area contributed by atoms with Crippen molar-refractivity contribution in [2.75, 3.05) is 5.43 Å². The Morgan fingerprint density at radius 3 is 2.43 bits per heavy atom. The van der Waals surface area contributed by atoms with E-state index in [1.807, 2.05) is 79.7 Å². The molecule has 0 aliphatic heterocycles. The monoisotopic (exact) mass is 467 g/mol. The number of nitrogens with one attached hydrogen (secondary N) is 2. The third-order valence-electron chi connectivity index (χ3n) is 6.49. The summed E-state index contributed by atoms with van der Waals surface area (Å²) in [5.41, 5.74) is 6.56. The van der Waals surface area contributed by atoms with E-state index < -0.39 is 6.04 Å². The van der Waals surface area contributed by atoms with Crippen LogP contribution in [0.25, 0.3) is 22.3 Å². The highest BCUT2D eigenvalue weighted by Gasteiger charge is 2.27. The number of pyridine rings is 1. The molecule has 0 saturated heterocycles. The van der Waals surface area contributed by atoms with Gasteiger partial charge in [0.2, 0.25) is 0 Å². The molecule has 0 spiro atoms. The topological polar surface area (TPSA) is 88.9 Å². The summed E-state index contributed by atoms with van der Waals surface area (Å²) in [4.78, 5) is 36.6. The molecule has 7 heteroatoms. The Bertz CT molecular complexity index is 1390. The van der Waals surface area contributed by atoms with E-state index in [2.05, 4.69) is 20.7 Å². The van der Waals surface area contributed by atoms with Gasteiger partial charge in [-0.15, -0.1) is 0 Å². The first-order chi connectivity index (χ1) is 17.1. The molecule has 2 heterocycles. The van der Waals surface area contributed by atoms with Gasteiger partial charge in [-0.05, 0) is 44.0 Å². The average Bonchev–Trinajstić information content (AvgIpc) is 2.89. The predicted molar refractivity (Wildman–Crippen MR) is 138 cm³/mol. The second kappa shape index (κ2) is 10.1. The molecule has 1 aliphatic rings. The number of rotatable bonds is 6. The Balaban J connectivity index is 1.60. The van der Waals surface area contributed by atoms with Gasteiger partial charge in [-0.25, -0.2) is 9.66 Å². The fourth-order valence-electron chi connectivity index (χ4n) is 4.69. The lowest BCUT2D eigenvalue weighted by Crippen LogP contribution is -2.45. The van der Waals surface area contributed by atoms with Crippen LogP contribution in [0.2, 0.25) is 0 Å². The highest BCUT2D eigenvalue weighted by atomic mass is 16.2. The van der Waals surface area contributed by atoms with Crippen molar-refractivity contribution in [3.63, 3.8) is 0 Å². The number of nitrogens with zero attached hydrogens (tertiary/aromatic N) is 3. The SMILES string of the molecule is Cc1cccc(C(Nn2c(=O)c(-c3ccccc3)nc3ccccc32)C(=O)NC2CCCCC2)n1. The molecule has 2 aromatic carbocycles. The molecule has 1 fully saturated rings. The minimum Gasteiger partial charge on any atom is -0.351 e. The summed E-state index contributed by atoms with van der Waals surface area (Å²) in [5, 5.41) is 3.20. The van der Waals surface area contributed by atoms with Gasteiger partial charge in [-0.1, -0.05) is 67.8 Å². The maximum absolute atomic E-state index is 13.7. The van der Waals surface area contributed by atoms with Gasteiger partial charge >= 0.3 is 0 Å². The molecule has 178 valence electrons. The van der Waals surface area contributed by atoms with E-state index in [-0.39, 0.29) is 17.5 Å². The second-order valence-corrected chi connectivity index (χ2v) is 9.07. The van der Waals surface area contributed by atoms with Crippen LogP contribution >= 0.6 is 0 Å². The number of carbonyl (C=O) groups excluding carboxylic acids is 1. The minimum absolute atomic E-state index is 0.135. The molecule has 1 atom stereocenters. The maximum Gasteiger partial charge on any atom is 0.295 e. The summed E-state index contributed by atoms with van der Waals surface area (Å²) < 4.78 is 1.44. The Kier molecular flexibility index (Phi) is 6.57. The smallest absolute Gasteiger partial charge is 0.295 e. The van der Waals surface area contributed by atoms with Gasteiger partial charge in [0.1, 0.15) is 5.69 Å². The summed E-state index contributed by atoms with van der Waals surface area (Å²) in [7, 11) is 0. The molecule has 1 amide bonds. The summed E-state index contributed by atoms with van der Waals surface area (Å²) in [6.45, 7) is 1.89. The molecule has 1 saturated carbocycles. The number of amides is 1. The van der Waals surface area contributed by atoms with Crippen LogP contribution in [0, 0.1) is 6.92 Å². The van der Waals surface area contributed by atoms with Crippen molar-refractivity contribution in [3.05, 3.63) is 94.5 Å². The molecule has 4 aromatic rings. The number of benzene rings is 2. The second-order valence-electron chi connectivity index (χ2n) is 9.07. The normalized spacial score (nSPS) is 15.0. The Hall–Kier alpha value is -4.00. The van der Waals surface area contributed by atoms with Crippen LogP contribution in [0.1, 0.15) is 49.5 Å². The fraction of sp³-hybridized carbons (Fsp3) is 0.286. The van der Waals surface area contributed by atoms with E-state index in [4.69, 9.17) is 0 Å². The molecule has 0 bridgehead atoms. The number of hydrogen-bond donors (Lipinski definition) is 2. The largest absolute Gasteiger partial charge is 0.351 e. The van der Waals surface area contributed by atoms with Crippen molar-refractivity contribution in [3.8, 4) is 11.3 Å². The quantitative estimate of drug-likeness (QED) is 0.436. The highest BCUT2D eigenvalue weighted by Crippen LogP contribution is 2.21.